The maximum atomic E-state index is 9.05. The number of nitrogens with zero attached hydrogens (tertiary/aromatic N) is 1. The van der Waals surface area contributed by atoms with Crippen molar-refractivity contribution in [3.05, 3.63) is 22.2 Å². The van der Waals surface area contributed by atoms with Crippen LogP contribution in [-0.2, 0) is 6.61 Å². The van der Waals surface area contributed by atoms with Crippen molar-refractivity contribution in [3.8, 4) is 0 Å². The molecule has 13 heavy (non-hydrogen) atoms. The number of hydrogen-bond acceptors (Lipinski definition) is 3. The monoisotopic (exact) mass is 241 g/mol. The molecule has 0 amide bonds. The van der Waals surface area contributed by atoms with E-state index in [1.54, 1.807) is 0 Å². The summed E-state index contributed by atoms with van der Waals surface area (Å²) < 4.78 is 0.896. The van der Waals surface area contributed by atoms with Crippen LogP contribution in [-0.4, -0.2) is 15.1 Å². The van der Waals surface area contributed by atoms with Crippen molar-refractivity contribution in [2.75, 3.05) is 5.73 Å². The molecule has 2 rings (SSSR count). The number of aromatic amines is 1. The third kappa shape index (κ3) is 1.40. The van der Waals surface area contributed by atoms with E-state index in [1.807, 2.05) is 12.1 Å². The Kier molecular flexibility index (Phi) is 1.97. The Morgan fingerprint density at radius 2 is 2.31 bits per heavy atom. The van der Waals surface area contributed by atoms with Crippen LogP contribution in [0.1, 0.15) is 5.56 Å². The van der Waals surface area contributed by atoms with Crippen LogP contribution in [0.5, 0.6) is 0 Å². The molecule has 2 aromatic rings. The van der Waals surface area contributed by atoms with Crippen LogP contribution < -0.4 is 5.73 Å². The highest BCUT2D eigenvalue weighted by Crippen LogP contribution is 2.23. The van der Waals surface area contributed by atoms with E-state index in [1.165, 1.54) is 0 Å². The summed E-state index contributed by atoms with van der Waals surface area (Å²) in [7, 11) is 0. The van der Waals surface area contributed by atoms with E-state index in [0.29, 0.717) is 5.95 Å². The van der Waals surface area contributed by atoms with Gasteiger partial charge in [0.05, 0.1) is 17.6 Å². The number of imidazole rings is 1. The average molecular weight is 242 g/mol. The molecule has 0 radical (unpaired) electrons. The molecule has 0 aliphatic heterocycles. The van der Waals surface area contributed by atoms with Crippen LogP contribution in [0.3, 0.4) is 0 Å². The molecular formula is C8H8BrN3O. The van der Waals surface area contributed by atoms with E-state index < -0.39 is 0 Å². The minimum absolute atomic E-state index is 0.0414. The van der Waals surface area contributed by atoms with E-state index in [0.717, 1.165) is 21.1 Å². The van der Waals surface area contributed by atoms with Gasteiger partial charge in [-0.3, -0.25) is 0 Å². The van der Waals surface area contributed by atoms with Gasteiger partial charge in [0.15, 0.2) is 5.95 Å². The van der Waals surface area contributed by atoms with Crippen LogP contribution >= 0.6 is 15.9 Å². The molecule has 0 atom stereocenters. The number of fused-ring (bicyclic) bond motifs is 1. The minimum Gasteiger partial charge on any atom is -0.392 e. The van der Waals surface area contributed by atoms with Gasteiger partial charge in [-0.25, -0.2) is 4.98 Å². The number of nitrogens with one attached hydrogen (secondary N) is 1. The standard InChI is InChI=1S/C8H8BrN3O/c9-5-1-4(3-13)7-6(2-5)11-8(10)12-7/h1-2,13H,3H2,(H3,10,11,12). The maximum absolute atomic E-state index is 9.05. The SMILES string of the molecule is Nc1nc2c(CO)cc(Br)cc2[nH]1. The van der Waals surface area contributed by atoms with Gasteiger partial charge in [0, 0.05) is 10.0 Å². The molecule has 1 aromatic heterocycles. The minimum atomic E-state index is -0.0414. The van der Waals surface area contributed by atoms with Crippen molar-refractivity contribution < 1.29 is 5.11 Å². The van der Waals surface area contributed by atoms with Gasteiger partial charge in [-0.15, -0.1) is 0 Å². The van der Waals surface area contributed by atoms with Crippen LogP contribution in [0.25, 0.3) is 11.0 Å². The number of aliphatic hydroxyl groups excluding tert-OH is 1. The Balaban J connectivity index is 2.80. The van der Waals surface area contributed by atoms with Gasteiger partial charge >= 0.3 is 0 Å². The summed E-state index contributed by atoms with van der Waals surface area (Å²) in [6.45, 7) is -0.0414. The largest absolute Gasteiger partial charge is 0.392 e. The first kappa shape index (κ1) is 8.52. The number of aromatic nitrogens is 2. The van der Waals surface area contributed by atoms with Crippen LogP contribution in [0.4, 0.5) is 5.95 Å². The second kappa shape index (κ2) is 3.01. The number of anilines is 1. The molecule has 0 fully saturated rings. The van der Waals surface area contributed by atoms with Gasteiger partial charge in [0.2, 0.25) is 0 Å². The molecule has 0 saturated heterocycles. The number of H-pyrrole nitrogens is 1. The lowest BCUT2D eigenvalue weighted by atomic mass is 10.2. The molecule has 4 N–H and O–H groups in total. The second-order valence-electron chi connectivity index (χ2n) is 2.74. The van der Waals surface area contributed by atoms with Crippen molar-refractivity contribution >= 4 is 32.9 Å². The first-order valence-electron chi connectivity index (χ1n) is 3.75. The second-order valence-corrected chi connectivity index (χ2v) is 3.66. The summed E-state index contributed by atoms with van der Waals surface area (Å²) in [6, 6.07) is 3.69. The summed E-state index contributed by atoms with van der Waals surface area (Å²) in [5, 5.41) is 9.05. The fourth-order valence-corrected chi connectivity index (χ4v) is 1.80. The summed E-state index contributed by atoms with van der Waals surface area (Å²) in [4.78, 5) is 6.97. The van der Waals surface area contributed by atoms with Gasteiger partial charge in [-0.1, -0.05) is 15.9 Å². The molecule has 4 nitrogen and oxygen atoms in total. The third-order valence-corrected chi connectivity index (χ3v) is 2.28. The highest BCUT2D eigenvalue weighted by atomic mass is 79.9. The number of aliphatic hydroxyl groups is 1. The molecule has 68 valence electrons. The summed E-state index contributed by atoms with van der Waals surface area (Å²) in [6.07, 6.45) is 0. The lowest BCUT2D eigenvalue weighted by Crippen LogP contribution is -1.86. The average Bonchev–Trinajstić information content (AvgIpc) is 2.43. The van der Waals surface area contributed by atoms with Crippen LogP contribution in [0.2, 0.25) is 0 Å². The van der Waals surface area contributed by atoms with E-state index in [9.17, 15) is 0 Å². The predicted octanol–water partition coefficient (Wildman–Crippen LogP) is 1.40. The molecule has 1 heterocycles. The fourth-order valence-electron chi connectivity index (χ4n) is 1.29. The lowest BCUT2D eigenvalue weighted by molar-refractivity contribution is 0.283. The maximum Gasteiger partial charge on any atom is 0.198 e. The highest BCUT2D eigenvalue weighted by molar-refractivity contribution is 9.10. The van der Waals surface area contributed by atoms with E-state index in [2.05, 4.69) is 25.9 Å². The Bertz CT molecular complexity index is 452. The summed E-state index contributed by atoms with van der Waals surface area (Å²) >= 11 is 3.33. The molecular weight excluding hydrogens is 234 g/mol. The number of rotatable bonds is 1. The molecule has 0 bridgehead atoms. The van der Waals surface area contributed by atoms with Crippen LogP contribution in [0, 0.1) is 0 Å². The zero-order chi connectivity index (χ0) is 9.42. The van der Waals surface area contributed by atoms with Gasteiger partial charge in [-0.2, -0.15) is 0 Å². The van der Waals surface area contributed by atoms with E-state index in [4.69, 9.17) is 10.8 Å². The van der Waals surface area contributed by atoms with Gasteiger partial charge in [-0.05, 0) is 12.1 Å². The zero-order valence-electron chi connectivity index (χ0n) is 6.71. The van der Waals surface area contributed by atoms with Crippen LogP contribution in [0.15, 0.2) is 16.6 Å². The first-order valence-corrected chi connectivity index (χ1v) is 4.54. The quantitative estimate of drug-likeness (QED) is 0.707. The molecule has 0 aliphatic carbocycles. The Labute approximate surface area is 82.9 Å². The molecule has 0 unspecified atom stereocenters. The number of halogens is 1. The third-order valence-electron chi connectivity index (χ3n) is 1.82. The molecule has 0 saturated carbocycles. The summed E-state index contributed by atoms with van der Waals surface area (Å²) in [5.41, 5.74) is 7.82. The topological polar surface area (TPSA) is 74.9 Å². The molecule has 0 aliphatic rings. The highest BCUT2D eigenvalue weighted by Gasteiger charge is 2.06. The molecule has 0 spiro atoms. The Morgan fingerprint density at radius 1 is 1.54 bits per heavy atom. The fraction of sp³-hybridized carbons (Fsp3) is 0.125. The smallest absolute Gasteiger partial charge is 0.198 e. The van der Waals surface area contributed by atoms with Gasteiger partial charge < -0.3 is 15.8 Å². The Morgan fingerprint density at radius 3 is 3.00 bits per heavy atom. The zero-order valence-corrected chi connectivity index (χ0v) is 8.30. The molecule has 1 aromatic carbocycles. The first-order chi connectivity index (χ1) is 6.20. The number of nitrogens with two attached hydrogens (primary N) is 1. The van der Waals surface area contributed by atoms with Crippen molar-refractivity contribution in [2.45, 2.75) is 6.61 Å². The summed E-state index contributed by atoms with van der Waals surface area (Å²) in [5.74, 6) is 0.364. The van der Waals surface area contributed by atoms with Crippen molar-refractivity contribution in [1.82, 2.24) is 9.97 Å². The van der Waals surface area contributed by atoms with Crippen molar-refractivity contribution in [2.24, 2.45) is 0 Å². The van der Waals surface area contributed by atoms with Gasteiger partial charge in [0.25, 0.3) is 0 Å². The van der Waals surface area contributed by atoms with Gasteiger partial charge in [0.1, 0.15) is 0 Å². The van der Waals surface area contributed by atoms with Crippen molar-refractivity contribution in [1.29, 1.82) is 0 Å². The number of hydrogen-bond donors (Lipinski definition) is 3. The normalized spacial score (nSPS) is 10.9. The lowest BCUT2D eigenvalue weighted by Gasteiger charge is -1.97. The number of nitrogen functional groups attached to an aromatic ring is 1. The van der Waals surface area contributed by atoms with E-state index in [-0.39, 0.29) is 6.61 Å². The number of benzene rings is 1. The van der Waals surface area contributed by atoms with E-state index >= 15 is 0 Å². The van der Waals surface area contributed by atoms with Crippen molar-refractivity contribution in [3.63, 3.8) is 0 Å². The predicted molar refractivity (Wildman–Crippen MR) is 54.1 cm³/mol. The Hall–Kier alpha value is -1.07. The molecule has 5 heteroatoms.